The number of fused-ring (bicyclic) bond motifs is 1. The Balaban J connectivity index is 1.68. The first kappa shape index (κ1) is 17.7. The molecule has 0 radical (unpaired) electrons. The fraction of sp³-hybridized carbons (Fsp3) is 0.333. The fourth-order valence-corrected chi connectivity index (χ4v) is 3.11. The number of nitrogens with zero attached hydrogens (tertiary/aromatic N) is 1. The average Bonchev–Trinajstić information content (AvgIpc) is 2.65. The van der Waals surface area contributed by atoms with Gasteiger partial charge in [0.1, 0.15) is 0 Å². The van der Waals surface area contributed by atoms with Gasteiger partial charge >= 0.3 is 5.97 Å². The molecule has 1 saturated heterocycles. The Morgan fingerprint density at radius 2 is 2.04 bits per heavy atom. The third-order valence-electron chi connectivity index (χ3n) is 4.47. The van der Waals surface area contributed by atoms with Gasteiger partial charge in [-0.25, -0.2) is 4.79 Å². The van der Waals surface area contributed by atoms with Gasteiger partial charge < -0.3 is 20.4 Å². The summed E-state index contributed by atoms with van der Waals surface area (Å²) in [7, 11) is 0. The van der Waals surface area contributed by atoms with E-state index < -0.39 is 29.9 Å². The molecular weight excluding hydrogens is 338 g/mol. The van der Waals surface area contributed by atoms with Crippen LogP contribution in [0, 0.1) is 5.92 Å². The number of aromatic amines is 1. The van der Waals surface area contributed by atoms with Crippen molar-refractivity contribution in [3.8, 4) is 0 Å². The molecule has 8 nitrogen and oxygen atoms in total. The van der Waals surface area contributed by atoms with E-state index in [9.17, 15) is 19.2 Å². The summed E-state index contributed by atoms with van der Waals surface area (Å²) in [6, 6.07) is 7.99. The van der Waals surface area contributed by atoms with Crippen molar-refractivity contribution in [3.63, 3.8) is 0 Å². The predicted octanol–water partition coefficient (Wildman–Crippen LogP) is 0.409. The highest BCUT2D eigenvalue weighted by molar-refractivity contribution is 6.03. The molecule has 3 rings (SSSR count). The molecule has 0 unspecified atom stereocenters. The van der Waals surface area contributed by atoms with Crippen molar-refractivity contribution in [2.24, 2.45) is 11.7 Å². The van der Waals surface area contributed by atoms with E-state index in [1.807, 2.05) is 0 Å². The average molecular weight is 357 g/mol. The van der Waals surface area contributed by atoms with Crippen LogP contribution in [-0.2, 0) is 14.3 Å². The maximum atomic E-state index is 12.4. The number of amides is 2. The maximum Gasteiger partial charge on any atom is 0.339 e. The van der Waals surface area contributed by atoms with Gasteiger partial charge in [0.15, 0.2) is 6.61 Å². The van der Waals surface area contributed by atoms with Crippen LogP contribution in [0.5, 0.6) is 0 Å². The molecule has 1 aromatic carbocycles. The molecule has 3 N–H and O–H groups in total. The number of para-hydroxylation sites is 1. The number of piperidine rings is 1. The molecule has 136 valence electrons. The summed E-state index contributed by atoms with van der Waals surface area (Å²) in [4.78, 5) is 51.7. The van der Waals surface area contributed by atoms with Crippen molar-refractivity contribution in [1.82, 2.24) is 9.88 Å². The number of carbonyl (C=O) groups is 3. The van der Waals surface area contributed by atoms with Crippen LogP contribution in [0.1, 0.15) is 23.2 Å². The van der Waals surface area contributed by atoms with Crippen molar-refractivity contribution in [1.29, 1.82) is 0 Å². The monoisotopic (exact) mass is 357 g/mol. The quantitative estimate of drug-likeness (QED) is 0.767. The Morgan fingerprint density at radius 3 is 2.81 bits per heavy atom. The number of aromatic nitrogens is 1. The number of carbonyl (C=O) groups excluding carboxylic acids is 3. The summed E-state index contributed by atoms with van der Waals surface area (Å²) in [6.45, 7) is 0.277. The van der Waals surface area contributed by atoms with E-state index in [0.29, 0.717) is 30.3 Å². The van der Waals surface area contributed by atoms with E-state index in [2.05, 4.69) is 4.98 Å². The molecule has 1 atom stereocenters. The Hall–Kier alpha value is -3.16. The summed E-state index contributed by atoms with van der Waals surface area (Å²) in [6.07, 6.45) is 1.32. The van der Waals surface area contributed by atoms with Gasteiger partial charge in [-0.2, -0.15) is 0 Å². The Morgan fingerprint density at radius 1 is 1.27 bits per heavy atom. The van der Waals surface area contributed by atoms with E-state index in [1.54, 1.807) is 24.3 Å². The van der Waals surface area contributed by atoms with Crippen molar-refractivity contribution < 1.29 is 19.1 Å². The lowest BCUT2D eigenvalue weighted by Crippen LogP contribution is -2.45. The zero-order valence-corrected chi connectivity index (χ0v) is 14.1. The first-order valence-electron chi connectivity index (χ1n) is 8.32. The van der Waals surface area contributed by atoms with Gasteiger partial charge in [0, 0.05) is 30.1 Å². The Labute approximate surface area is 148 Å². The van der Waals surface area contributed by atoms with Gasteiger partial charge in [-0.3, -0.25) is 14.4 Å². The predicted molar refractivity (Wildman–Crippen MR) is 93.3 cm³/mol. The van der Waals surface area contributed by atoms with Gasteiger partial charge in [0.05, 0.1) is 11.5 Å². The molecule has 0 bridgehead atoms. The van der Waals surface area contributed by atoms with Crippen LogP contribution in [0.4, 0.5) is 0 Å². The number of hydrogen-bond donors (Lipinski definition) is 2. The second kappa shape index (κ2) is 7.38. The number of ether oxygens (including phenoxy) is 1. The van der Waals surface area contributed by atoms with E-state index in [4.69, 9.17) is 10.5 Å². The molecule has 1 aliphatic rings. The third kappa shape index (κ3) is 3.74. The van der Waals surface area contributed by atoms with Gasteiger partial charge in [-0.1, -0.05) is 18.2 Å². The second-order valence-electron chi connectivity index (χ2n) is 6.25. The number of hydrogen-bond acceptors (Lipinski definition) is 5. The van der Waals surface area contributed by atoms with Crippen LogP contribution in [0.15, 0.2) is 35.1 Å². The van der Waals surface area contributed by atoms with Crippen molar-refractivity contribution in [3.05, 3.63) is 46.2 Å². The van der Waals surface area contributed by atoms with Gasteiger partial charge in [0.25, 0.3) is 5.91 Å². The maximum absolute atomic E-state index is 12.4. The van der Waals surface area contributed by atoms with Crippen LogP contribution >= 0.6 is 0 Å². The third-order valence-corrected chi connectivity index (χ3v) is 4.47. The summed E-state index contributed by atoms with van der Waals surface area (Å²) in [5.74, 6) is -1.95. The zero-order chi connectivity index (χ0) is 18.7. The molecular formula is C18H19N3O5. The first-order chi connectivity index (χ1) is 12.5. The van der Waals surface area contributed by atoms with Crippen LogP contribution in [-0.4, -0.2) is 47.4 Å². The van der Waals surface area contributed by atoms with E-state index >= 15 is 0 Å². The zero-order valence-electron chi connectivity index (χ0n) is 14.1. The number of H-pyrrole nitrogens is 1. The lowest BCUT2D eigenvalue weighted by atomic mass is 9.97. The van der Waals surface area contributed by atoms with Crippen LogP contribution in [0.2, 0.25) is 0 Å². The largest absolute Gasteiger partial charge is 0.452 e. The highest BCUT2D eigenvalue weighted by Gasteiger charge is 2.27. The van der Waals surface area contributed by atoms with Crippen LogP contribution in [0.25, 0.3) is 10.9 Å². The van der Waals surface area contributed by atoms with E-state index in [1.165, 1.54) is 4.90 Å². The lowest BCUT2D eigenvalue weighted by Gasteiger charge is -2.31. The van der Waals surface area contributed by atoms with E-state index in [-0.39, 0.29) is 18.0 Å². The highest BCUT2D eigenvalue weighted by Crippen LogP contribution is 2.17. The molecule has 8 heteroatoms. The normalized spacial score (nSPS) is 17.1. The fourth-order valence-electron chi connectivity index (χ4n) is 3.11. The number of primary amides is 1. The second-order valence-corrected chi connectivity index (χ2v) is 6.25. The molecule has 1 aliphatic heterocycles. The molecule has 0 saturated carbocycles. The van der Waals surface area contributed by atoms with Crippen molar-refractivity contribution in [2.75, 3.05) is 19.7 Å². The Bertz CT molecular complexity index is 920. The topological polar surface area (TPSA) is 123 Å². The molecule has 1 aromatic heterocycles. The van der Waals surface area contributed by atoms with Crippen molar-refractivity contribution >= 4 is 28.7 Å². The molecule has 26 heavy (non-hydrogen) atoms. The number of benzene rings is 1. The minimum Gasteiger partial charge on any atom is -0.452 e. The first-order valence-corrected chi connectivity index (χ1v) is 8.32. The minimum atomic E-state index is -0.746. The van der Waals surface area contributed by atoms with Crippen LogP contribution < -0.4 is 11.3 Å². The standard InChI is InChI=1S/C18H19N3O5/c19-17(24)11-4-3-7-21(9-11)16(23)10-26-18(25)13-8-15(22)20-14-6-2-1-5-12(13)14/h1-2,5-6,8,11H,3-4,7,9-10H2,(H2,19,24)(H,20,22)/t11-/m1/s1. The van der Waals surface area contributed by atoms with Crippen LogP contribution in [0.3, 0.4) is 0 Å². The van der Waals surface area contributed by atoms with Gasteiger partial charge in [-0.05, 0) is 18.9 Å². The smallest absolute Gasteiger partial charge is 0.339 e. The molecule has 0 spiro atoms. The summed E-state index contributed by atoms with van der Waals surface area (Å²) < 4.78 is 5.10. The van der Waals surface area contributed by atoms with Gasteiger partial charge in [0.2, 0.25) is 11.5 Å². The number of nitrogens with one attached hydrogen (secondary N) is 1. The summed E-state index contributed by atoms with van der Waals surface area (Å²) >= 11 is 0. The number of nitrogens with two attached hydrogens (primary N) is 1. The molecule has 2 amide bonds. The number of esters is 1. The SMILES string of the molecule is NC(=O)[C@@H]1CCCN(C(=O)COC(=O)c2cc(=O)[nH]c3ccccc23)C1. The number of likely N-dealkylation sites (tertiary alicyclic amines) is 1. The van der Waals surface area contributed by atoms with Crippen molar-refractivity contribution in [2.45, 2.75) is 12.8 Å². The minimum absolute atomic E-state index is 0.103. The lowest BCUT2D eigenvalue weighted by molar-refractivity contribution is -0.137. The van der Waals surface area contributed by atoms with Gasteiger partial charge in [-0.15, -0.1) is 0 Å². The molecule has 2 heterocycles. The molecule has 0 aliphatic carbocycles. The Kier molecular flexibility index (Phi) is 5.01. The molecule has 1 fully saturated rings. The summed E-state index contributed by atoms with van der Waals surface area (Å²) in [5.41, 5.74) is 5.49. The number of pyridine rings is 1. The molecule has 2 aromatic rings. The van der Waals surface area contributed by atoms with E-state index in [0.717, 1.165) is 6.07 Å². The number of rotatable bonds is 4. The summed E-state index contributed by atoms with van der Waals surface area (Å²) in [5, 5.41) is 0.538. The highest BCUT2D eigenvalue weighted by atomic mass is 16.5.